The molecular weight excluding hydrogens is 543 g/mol. The molecule has 2 heterocycles. The molecule has 0 unspecified atom stereocenters. The molecule has 1 fully saturated rings. The number of alkyl halides is 3. The first kappa shape index (κ1) is 30.0. The van der Waals surface area contributed by atoms with E-state index in [1.54, 1.807) is 0 Å². The van der Waals surface area contributed by atoms with Crippen molar-refractivity contribution in [3.05, 3.63) is 41.0 Å². The van der Waals surface area contributed by atoms with Gasteiger partial charge in [0.15, 0.2) is 5.82 Å². The van der Waals surface area contributed by atoms with Crippen LogP contribution in [0.15, 0.2) is 35.4 Å². The Labute approximate surface area is 216 Å². The summed E-state index contributed by atoms with van der Waals surface area (Å²) in [6, 6.07) is 5.42. The second-order valence-electron chi connectivity index (χ2n) is 7.86. The molecule has 1 aliphatic heterocycles. The van der Waals surface area contributed by atoms with E-state index in [0.717, 1.165) is 38.8 Å². The van der Waals surface area contributed by atoms with Crippen LogP contribution in [-0.2, 0) is 14.8 Å². The summed E-state index contributed by atoms with van der Waals surface area (Å²) in [4.78, 5) is 26.6. The number of nitrogens with one attached hydrogen (secondary N) is 1. The van der Waals surface area contributed by atoms with Crippen molar-refractivity contribution in [1.82, 2.24) is 4.98 Å². The number of aromatic nitrogens is 1. The van der Waals surface area contributed by atoms with Crippen LogP contribution in [-0.4, -0.2) is 61.9 Å². The lowest BCUT2D eigenvalue weighted by molar-refractivity contribution is -0.192. The molecule has 1 aromatic heterocycles. The first-order valence-electron chi connectivity index (χ1n) is 10.9. The van der Waals surface area contributed by atoms with E-state index < -0.39 is 28.1 Å². The van der Waals surface area contributed by atoms with Crippen molar-refractivity contribution in [1.29, 1.82) is 0 Å². The maximum absolute atomic E-state index is 13.0. The Kier molecular flexibility index (Phi) is 10.4. The van der Waals surface area contributed by atoms with E-state index >= 15 is 0 Å². The van der Waals surface area contributed by atoms with Gasteiger partial charge in [0, 0.05) is 19.3 Å². The molecule has 0 radical (unpaired) electrons. The molecule has 204 valence electrons. The van der Waals surface area contributed by atoms with E-state index in [9.17, 15) is 31.5 Å². The normalized spacial score (nSPS) is 14.5. The molecule has 0 atom stereocenters. The zero-order chi connectivity index (χ0) is 27.8. The van der Waals surface area contributed by atoms with E-state index in [1.807, 2.05) is 4.90 Å². The topological polar surface area (TPSA) is 146 Å². The number of hydrogen-bond acceptors (Lipinski definition) is 7. The summed E-state index contributed by atoms with van der Waals surface area (Å²) >= 11 is 6.08. The number of carbonyl (C=O) groups is 2. The Balaban J connectivity index is 0.000000604. The van der Waals surface area contributed by atoms with Crippen LogP contribution in [0.5, 0.6) is 5.75 Å². The smallest absolute Gasteiger partial charge is 0.490 e. The van der Waals surface area contributed by atoms with Crippen molar-refractivity contribution in [3.63, 3.8) is 0 Å². The monoisotopic (exact) mass is 567 g/mol. The average Bonchev–Trinajstić information content (AvgIpc) is 2.78. The van der Waals surface area contributed by atoms with Crippen molar-refractivity contribution >= 4 is 45.1 Å². The van der Waals surface area contributed by atoms with Gasteiger partial charge < -0.3 is 19.8 Å². The highest BCUT2D eigenvalue weighted by molar-refractivity contribution is 7.92. The van der Waals surface area contributed by atoms with E-state index in [1.165, 1.54) is 44.0 Å². The third kappa shape index (κ3) is 8.67. The maximum Gasteiger partial charge on any atom is 0.490 e. The summed E-state index contributed by atoms with van der Waals surface area (Å²) in [7, 11) is -2.59. The van der Waals surface area contributed by atoms with Crippen LogP contribution in [0.2, 0.25) is 5.02 Å². The lowest BCUT2D eigenvalue weighted by atomic mass is 10.1. The molecule has 0 saturated carbocycles. The molecule has 1 saturated heterocycles. The van der Waals surface area contributed by atoms with E-state index in [0.29, 0.717) is 11.6 Å². The van der Waals surface area contributed by atoms with Gasteiger partial charge in [0.25, 0.3) is 10.0 Å². The van der Waals surface area contributed by atoms with Crippen molar-refractivity contribution in [2.45, 2.75) is 43.2 Å². The number of nitrogens with zero attached hydrogens (tertiary/aromatic N) is 2. The molecule has 0 spiro atoms. The SMILES string of the molecule is COc1ccc(S(=O)(=O)Nc2cc(C(=O)O)cnc2N2CCCCCCC2)cc1Cl.O=C(O)C(F)(F)F. The van der Waals surface area contributed by atoms with E-state index in [-0.39, 0.29) is 21.2 Å². The largest absolute Gasteiger partial charge is 0.495 e. The third-order valence-electron chi connectivity index (χ3n) is 5.19. The fourth-order valence-corrected chi connectivity index (χ4v) is 4.78. The number of aromatic carboxylic acids is 1. The fraction of sp³-hybridized carbons (Fsp3) is 0.409. The van der Waals surface area contributed by atoms with Gasteiger partial charge in [-0.25, -0.2) is 23.0 Å². The molecule has 3 rings (SSSR count). The fourth-order valence-electron chi connectivity index (χ4n) is 3.38. The highest BCUT2D eigenvalue weighted by atomic mass is 35.5. The minimum absolute atomic E-state index is 0.0624. The lowest BCUT2D eigenvalue weighted by Gasteiger charge is -2.28. The van der Waals surface area contributed by atoms with Gasteiger partial charge in [0.2, 0.25) is 0 Å². The zero-order valence-corrected chi connectivity index (χ0v) is 21.2. The van der Waals surface area contributed by atoms with Crippen LogP contribution in [0.4, 0.5) is 24.7 Å². The number of ether oxygens (including phenoxy) is 1. The van der Waals surface area contributed by atoms with Crippen LogP contribution in [0.1, 0.15) is 42.5 Å². The summed E-state index contributed by atoms with van der Waals surface area (Å²) < 4.78 is 65.3. The quantitative estimate of drug-likeness (QED) is 0.454. The molecule has 3 N–H and O–H groups in total. The Hall–Kier alpha value is -3.26. The maximum atomic E-state index is 13.0. The van der Waals surface area contributed by atoms with Crippen molar-refractivity contribution in [2.24, 2.45) is 0 Å². The number of rotatable bonds is 6. The third-order valence-corrected chi connectivity index (χ3v) is 6.85. The van der Waals surface area contributed by atoms with Gasteiger partial charge in [-0.2, -0.15) is 13.2 Å². The molecule has 0 aliphatic carbocycles. The average molecular weight is 568 g/mol. The van der Waals surface area contributed by atoms with Crippen LogP contribution < -0.4 is 14.4 Å². The molecule has 37 heavy (non-hydrogen) atoms. The van der Waals surface area contributed by atoms with Crippen LogP contribution in [0.3, 0.4) is 0 Å². The number of carboxylic acids is 2. The second kappa shape index (κ2) is 12.8. The number of benzene rings is 1. The van der Waals surface area contributed by atoms with Gasteiger partial charge in [-0.15, -0.1) is 0 Å². The number of pyridine rings is 1. The molecule has 0 amide bonds. The summed E-state index contributed by atoms with van der Waals surface area (Å²) in [5.41, 5.74) is 0.0265. The molecule has 1 aliphatic rings. The number of carboxylic acid groups (broad SMARTS) is 2. The second-order valence-corrected chi connectivity index (χ2v) is 9.95. The van der Waals surface area contributed by atoms with Crippen molar-refractivity contribution in [3.8, 4) is 5.75 Å². The zero-order valence-electron chi connectivity index (χ0n) is 19.6. The standard InChI is InChI=1S/C20H24ClN3O5S.C2HF3O2/c1-29-18-8-7-15(12-16(18)21)30(27,28)23-17-11-14(20(25)26)13-22-19(17)24-9-5-3-2-4-6-10-24;3-2(4,5)1(6)7/h7-8,11-13,23H,2-6,9-10H2,1H3,(H,25,26);(H,6,7). The van der Waals surface area contributed by atoms with E-state index in [4.69, 9.17) is 26.2 Å². The Morgan fingerprint density at radius 2 is 1.65 bits per heavy atom. The lowest BCUT2D eigenvalue weighted by Crippen LogP contribution is -2.29. The molecular formula is C22H25ClF3N3O7S. The van der Waals surface area contributed by atoms with Crippen molar-refractivity contribution < 1.29 is 46.1 Å². The highest BCUT2D eigenvalue weighted by Crippen LogP contribution is 2.31. The predicted molar refractivity (Wildman–Crippen MR) is 129 cm³/mol. The molecule has 2 aromatic rings. The number of sulfonamides is 1. The highest BCUT2D eigenvalue weighted by Gasteiger charge is 2.38. The molecule has 1 aromatic carbocycles. The number of halogens is 4. The van der Waals surface area contributed by atoms with Gasteiger partial charge in [0.05, 0.1) is 28.3 Å². The van der Waals surface area contributed by atoms with Crippen LogP contribution in [0, 0.1) is 0 Å². The predicted octanol–water partition coefficient (Wildman–Crippen LogP) is 4.65. The van der Waals surface area contributed by atoms with E-state index in [2.05, 4.69) is 9.71 Å². The van der Waals surface area contributed by atoms with Gasteiger partial charge >= 0.3 is 18.1 Å². The molecule has 15 heteroatoms. The number of anilines is 2. The first-order valence-corrected chi connectivity index (χ1v) is 12.8. The molecule has 0 bridgehead atoms. The summed E-state index contributed by atoms with van der Waals surface area (Å²) in [5, 5.41) is 16.6. The van der Waals surface area contributed by atoms with Gasteiger partial charge in [-0.05, 0) is 37.1 Å². The number of aliphatic carboxylic acids is 1. The minimum Gasteiger partial charge on any atom is -0.495 e. The summed E-state index contributed by atoms with van der Waals surface area (Å²) in [6.07, 6.45) is 1.45. The first-order chi connectivity index (χ1) is 17.3. The molecule has 10 nitrogen and oxygen atoms in total. The van der Waals surface area contributed by atoms with Crippen molar-refractivity contribution in [2.75, 3.05) is 29.8 Å². The van der Waals surface area contributed by atoms with Gasteiger partial charge in [-0.3, -0.25) is 4.72 Å². The number of methoxy groups -OCH3 is 1. The van der Waals surface area contributed by atoms with Crippen LogP contribution in [0.25, 0.3) is 0 Å². The van der Waals surface area contributed by atoms with Crippen LogP contribution >= 0.6 is 11.6 Å². The Morgan fingerprint density at radius 3 is 2.14 bits per heavy atom. The Bertz CT molecular complexity index is 1220. The summed E-state index contributed by atoms with van der Waals surface area (Å²) in [6.45, 7) is 1.45. The summed E-state index contributed by atoms with van der Waals surface area (Å²) in [5.74, 6) is -3.17. The van der Waals surface area contributed by atoms with Gasteiger partial charge in [-0.1, -0.05) is 30.9 Å². The Morgan fingerprint density at radius 1 is 1.08 bits per heavy atom. The number of hydrogen-bond donors (Lipinski definition) is 3. The van der Waals surface area contributed by atoms with Gasteiger partial charge in [0.1, 0.15) is 5.75 Å². The minimum atomic E-state index is -5.08.